The Morgan fingerprint density at radius 2 is 1.50 bits per heavy atom. The number of benzene rings is 3. The minimum atomic E-state index is -1.01. The van der Waals surface area contributed by atoms with Crippen molar-refractivity contribution in [3.05, 3.63) is 94.6 Å². The summed E-state index contributed by atoms with van der Waals surface area (Å²) in [6.45, 7) is 10.1. The Balaban J connectivity index is 1.52. The molecule has 1 N–H and O–H groups in total. The third-order valence-corrected chi connectivity index (χ3v) is 8.14. The van der Waals surface area contributed by atoms with Crippen LogP contribution in [0.3, 0.4) is 0 Å². The van der Waals surface area contributed by atoms with E-state index in [-0.39, 0.29) is 13.0 Å². The molecule has 0 aliphatic carbocycles. The van der Waals surface area contributed by atoms with Crippen molar-refractivity contribution in [3.63, 3.8) is 0 Å². The molecule has 0 unspecified atom stereocenters. The van der Waals surface area contributed by atoms with Crippen LogP contribution in [0.2, 0.25) is 5.02 Å². The van der Waals surface area contributed by atoms with Crippen LogP contribution in [-0.2, 0) is 16.1 Å². The van der Waals surface area contributed by atoms with Crippen LogP contribution in [0.5, 0.6) is 0 Å². The van der Waals surface area contributed by atoms with E-state index < -0.39 is 11.9 Å². The van der Waals surface area contributed by atoms with Gasteiger partial charge in [0, 0.05) is 60.4 Å². The zero-order chi connectivity index (χ0) is 29.8. The Hall–Kier alpha value is -4.23. The normalized spacial score (nSPS) is 13.3. The lowest BCUT2D eigenvalue weighted by Gasteiger charge is -2.37. The van der Waals surface area contributed by atoms with Gasteiger partial charge in [0.15, 0.2) is 0 Å². The number of halogens is 1. The van der Waals surface area contributed by atoms with Crippen LogP contribution in [0.15, 0.2) is 72.8 Å². The Morgan fingerprint density at radius 1 is 0.857 bits per heavy atom. The summed E-state index contributed by atoms with van der Waals surface area (Å²) in [5.41, 5.74) is 8.32. The van der Waals surface area contributed by atoms with Crippen LogP contribution >= 0.6 is 11.6 Å². The van der Waals surface area contributed by atoms with Crippen molar-refractivity contribution in [2.45, 2.75) is 33.7 Å². The number of piperazine rings is 1. The number of ether oxygens (including phenoxy) is 1. The minimum Gasteiger partial charge on any atom is -0.481 e. The number of hydrogen-bond donors (Lipinski definition) is 1. The molecule has 0 saturated carbocycles. The topological polar surface area (TPSA) is 75.0 Å². The van der Waals surface area contributed by atoms with E-state index in [2.05, 4.69) is 57.7 Å². The first-order valence-corrected chi connectivity index (χ1v) is 14.7. The van der Waals surface area contributed by atoms with Gasteiger partial charge in [-0.05, 0) is 68.3 Å². The molecular weight excluding hydrogens is 550 g/mol. The monoisotopic (exact) mass is 585 g/mol. The quantitative estimate of drug-likeness (QED) is 0.212. The van der Waals surface area contributed by atoms with Crippen LogP contribution < -0.4 is 9.80 Å². The molecule has 4 aromatic rings. The zero-order valence-electron chi connectivity index (χ0n) is 24.3. The van der Waals surface area contributed by atoms with Gasteiger partial charge in [-0.15, -0.1) is 0 Å². The van der Waals surface area contributed by atoms with E-state index in [1.807, 2.05) is 50.2 Å². The number of carbonyl (C=O) groups excluding carboxylic acids is 1. The van der Waals surface area contributed by atoms with E-state index in [9.17, 15) is 9.59 Å². The van der Waals surface area contributed by atoms with Crippen LogP contribution in [0.25, 0.3) is 22.4 Å². The Kier molecular flexibility index (Phi) is 8.88. The van der Waals surface area contributed by atoms with Crippen molar-refractivity contribution in [1.82, 2.24) is 4.57 Å². The second-order valence-electron chi connectivity index (χ2n) is 10.6. The summed E-state index contributed by atoms with van der Waals surface area (Å²) in [4.78, 5) is 29.4. The SMILES string of the molecule is CCn1c(C)c(C(=O)OCCC(=O)O)c(-c2cccc(N3CCN(c4ccc(C)cc4)CC3)c2)c1-c1ccc(Cl)cc1. The van der Waals surface area contributed by atoms with Gasteiger partial charge in [-0.1, -0.05) is 53.6 Å². The summed E-state index contributed by atoms with van der Waals surface area (Å²) in [6.07, 6.45) is -0.247. The lowest BCUT2D eigenvalue weighted by Crippen LogP contribution is -2.46. The van der Waals surface area contributed by atoms with Crippen LogP contribution in [-0.4, -0.2) is 54.4 Å². The fourth-order valence-electron chi connectivity index (χ4n) is 5.71. The predicted octanol–water partition coefficient (Wildman–Crippen LogP) is 7.07. The third-order valence-electron chi connectivity index (χ3n) is 7.89. The second-order valence-corrected chi connectivity index (χ2v) is 11.0. The summed E-state index contributed by atoms with van der Waals surface area (Å²) in [6, 6.07) is 24.6. The molecule has 218 valence electrons. The molecule has 5 rings (SSSR count). The second kappa shape index (κ2) is 12.7. The fraction of sp³-hybridized carbons (Fsp3) is 0.294. The summed E-state index contributed by atoms with van der Waals surface area (Å²) in [7, 11) is 0. The molecule has 8 heteroatoms. The fourth-order valence-corrected chi connectivity index (χ4v) is 5.84. The molecule has 42 heavy (non-hydrogen) atoms. The summed E-state index contributed by atoms with van der Waals surface area (Å²) >= 11 is 6.22. The van der Waals surface area contributed by atoms with Gasteiger partial charge >= 0.3 is 11.9 Å². The zero-order valence-corrected chi connectivity index (χ0v) is 25.0. The summed E-state index contributed by atoms with van der Waals surface area (Å²) in [5, 5.41) is 9.71. The average Bonchev–Trinajstić information content (AvgIpc) is 3.29. The van der Waals surface area contributed by atoms with Crippen molar-refractivity contribution < 1.29 is 19.4 Å². The number of carbonyl (C=O) groups is 2. The highest BCUT2D eigenvalue weighted by Gasteiger charge is 2.28. The third kappa shape index (κ3) is 6.16. The molecular formula is C34H36ClN3O4. The van der Waals surface area contributed by atoms with Gasteiger partial charge in [-0.25, -0.2) is 4.79 Å². The van der Waals surface area contributed by atoms with Crippen LogP contribution in [0.4, 0.5) is 11.4 Å². The Bertz CT molecular complexity index is 1570. The first kappa shape index (κ1) is 29.3. The first-order chi connectivity index (χ1) is 20.3. The molecule has 0 atom stereocenters. The largest absolute Gasteiger partial charge is 0.481 e. The van der Waals surface area contributed by atoms with Gasteiger partial charge in [0.2, 0.25) is 0 Å². The maximum atomic E-state index is 13.5. The van der Waals surface area contributed by atoms with Crippen molar-refractivity contribution in [3.8, 4) is 22.4 Å². The number of nitrogens with zero attached hydrogens (tertiary/aromatic N) is 3. The van der Waals surface area contributed by atoms with Crippen molar-refractivity contribution in [2.75, 3.05) is 42.6 Å². The highest BCUT2D eigenvalue weighted by Crippen LogP contribution is 2.41. The standard InChI is InChI=1S/C34H36ClN3O4/c1-4-38-24(3)31(34(41)42-21-16-30(39)40)32(33(38)25-10-12-27(35)13-11-25)26-6-5-7-29(22-26)37-19-17-36(18-20-37)28-14-8-23(2)9-15-28/h5-15,22H,4,16-21H2,1-3H3,(H,39,40). The van der Waals surface area contributed by atoms with Gasteiger partial charge in [0.25, 0.3) is 0 Å². The number of aliphatic carboxylic acids is 1. The maximum Gasteiger partial charge on any atom is 0.340 e. The smallest absolute Gasteiger partial charge is 0.340 e. The number of carboxylic acid groups (broad SMARTS) is 1. The van der Waals surface area contributed by atoms with E-state index in [1.165, 1.54) is 11.3 Å². The van der Waals surface area contributed by atoms with Gasteiger partial charge in [0.05, 0.1) is 17.7 Å². The predicted molar refractivity (Wildman–Crippen MR) is 169 cm³/mol. The van der Waals surface area contributed by atoms with Gasteiger partial charge in [-0.2, -0.15) is 0 Å². The highest BCUT2D eigenvalue weighted by molar-refractivity contribution is 6.30. The molecule has 0 radical (unpaired) electrons. The molecule has 1 aromatic heterocycles. The molecule has 7 nitrogen and oxygen atoms in total. The van der Waals surface area contributed by atoms with Crippen molar-refractivity contribution in [2.24, 2.45) is 0 Å². The highest BCUT2D eigenvalue weighted by atomic mass is 35.5. The van der Waals surface area contributed by atoms with Crippen molar-refractivity contribution >= 4 is 34.9 Å². The molecule has 1 saturated heterocycles. The maximum absolute atomic E-state index is 13.5. The first-order valence-electron chi connectivity index (χ1n) is 14.3. The molecule has 1 aliphatic rings. The minimum absolute atomic E-state index is 0.189. The number of anilines is 2. The van der Waals surface area contributed by atoms with E-state index >= 15 is 0 Å². The molecule has 1 aliphatic heterocycles. The molecule has 0 bridgehead atoms. The molecule has 0 spiro atoms. The summed E-state index contributed by atoms with van der Waals surface area (Å²) < 4.78 is 7.60. The van der Waals surface area contributed by atoms with Gasteiger partial charge in [0.1, 0.15) is 6.61 Å². The van der Waals surface area contributed by atoms with E-state index in [1.54, 1.807) is 0 Å². The molecule has 3 aromatic carbocycles. The number of aryl methyl sites for hydroxylation is 1. The molecule has 2 heterocycles. The van der Waals surface area contributed by atoms with Gasteiger partial charge < -0.3 is 24.2 Å². The number of hydrogen-bond acceptors (Lipinski definition) is 5. The number of aromatic nitrogens is 1. The van der Waals surface area contributed by atoms with E-state index in [0.717, 1.165) is 59.9 Å². The van der Waals surface area contributed by atoms with Crippen molar-refractivity contribution in [1.29, 1.82) is 0 Å². The van der Waals surface area contributed by atoms with Crippen LogP contribution in [0.1, 0.15) is 35.0 Å². The molecule has 1 fully saturated rings. The van der Waals surface area contributed by atoms with E-state index in [4.69, 9.17) is 21.4 Å². The van der Waals surface area contributed by atoms with E-state index in [0.29, 0.717) is 17.1 Å². The summed E-state index contributed by atoms with van der Waals surface area (Å²) in [5.74, 6) is -1.54. The average molecular weight is 586 g/mol. The number of rotatable bonds is 9. The Labute approximate surface area is 251 Å². The van der Waals surface area contributed by atoms with Crippen LogP contribution in [0, 0.1) is 13.8 Å². The number of carboxylic acids is 1. The van der Waals surface area contributed by atoms with Gasteiger partial charge in [-0.3, -0.25) is 4.79 Å². The Morgan fingerprint density at radius 3 is 2.12 bits per heavy atom. The lowest BCUT2D eigenvalue weighted by molar-refractivity contribution is -0.137. The lowest BCUT2D eigenvalue weighted by atomic mass is 9.96. The number of esters is 1. The molecule has 0 amide bonds.